The van der Waals surface area contributed by atoms with Crippen molar-refractivity contribution >= 4 is 39.5 Å². The summed E-state index contributed by atoms with van der Waals surface area (Å²) in [6.45, 7) is 11.9. The standard InChI is InChI=1S/C87H166O17P2/c1-8-10-11-12-13-14-15-16-23-31-36-41-48-56-63-70-86(91)103-82(74-97-84(89)68-61-54-47-40-35-30-26-22-21-24-28-33-38-44-51-58-65-78(3)4)76-101-105(93,94)99-72-81(88)73-100-106(95,96)102-77-83(75-98-85(90)69-62-55-50-43-45-52-59-66-79(5)6)104-87(92)71-64-57-49-42-37-32-27-20-18-17-19-25-29-34-39-46-53-60-67-80(7)9-2/h14-16,23,78-83,88H,8-13,17-22,24-77H2,1-7H3,(H,93,94)(H,95,96)/b15-14-,23-16-/t80?,81?,82-,83-/m1/s1. The number of allylic oxidation sites excluding steroid dienone is 4. The third-order valence-corrected chi connectivity index (χ3v) is 22.0. The Morgan fingerprint density at radius 2 is 0.557 bits per heavy atom. The van der Waals surface area contributed by atoms with Crippen LogP contribution in [0.25, 0.3) is 0 Å². The third kappa shape index (κ3) is 78.2. The predicted molar refractivity (Wildman–Crippen MR) is 437 cm³/mol. The average molecular weight is 1550 g/mol. The number of esters is 4. The Hall–Kier alpha value is -2.46. The number of carbonyl (C=O) groups is 4. The summed E-state index contributed by atoms with van der Waals surface area (Å²) in [6, 6.07) is 0. The van der Waals surface area contributed by atoms with Gasteiger partial charge in [-0.1, -0.05) is 381 Å². The van der Waals surface area contributed by atoms with Crippen molar-refractivity contribution in [2.45, 2.75) is 452 Å². The zero-order valence-electron chi connectivity index (χ0n) is 69.4. The zero-order chi connectivity index (χ0) is 77.9. The average Bonchev–Trinajstić information content (AvgIpc) is 0.909. The summed E-state index contributed by atoms with van der Waals surface area (Å²) in [5.74, 6) is 0.248. The molecule has 0 bridgehead atoms. The van der Waals surface area contributed by atoms with Gasteiger partial charge in [-0.3, -0.25) is 37.3 Å². The fourth-order valence-electron chi connectivity index (χ4n) is 13.0. The van der Waals surface area contributed by atoms with E-state index in [2.05, 4.69) is 72.8 Å². The molecule has 0 rings (SSSR count). The maximum Gasteiger partial charge on any atom is 0.472 e. The van der Waals surface area contributed by atoms with E-state index >= 15 is 0 Å². The Balaban J connectivity index is 5.22. The molecule has 17 nitrogen and oxygen atoms in total. The van der Waals surface area contributed by atoms with Crippen LogP contribution in [0.3, 0.4) is 0 Å². The van der Waals surface area contributed by atoms with Crippen molar-refractivity contribution in [1.29, 1.82) is 0 Å². The van der Waals surface area contributed by atoms with Crippen molar-refractivity contribution < 1.29 is 80.2 Å². The summed E-state index contributed by atoms with van der Waals surface area (Å²) in [6.07, 6.45) is 70.3. The largest absolute Gasteiger partial charge is 0.472 e. The monoisotopic (exact) mass is 1550 g/mol. The Morgan fingerprint density at radius 1 is 0.311 bits per heavy atom. The van der Waals surface area contributed by atoms with Crippen LogP contribution in [0.1, 0.15) is 434 Å². The van der Waals surface area contributed by atoms with Crippen molar-refractivity contribution in [2.75, 3.05) is 39.6 Å². The van der Waals surface area contributed by atoms with Gasteiger partial charge < -0.3 is 33.8 Å². The molecule has 4 unspecified atom stereocenters. The van der Waals surface area contributed by atoms with Crippen LogP contribution in [0.4, 0.5) is 0 Å². The van der Waals surface area contributed by atoms with Gasteiger partial charge in [0.1, 0.15) is 19.3 Å². The first-order chi connectivity index (χ1) is 51.3. The fraction of sp³-hybridized carbons (Fsp3) is 0.908. The molecule has 0 heterocycles. The fourth-order valence-corrected chi connectivity index (χ4v) is 14.6. The molecule has 626 valence electrons. The first kappa shape index (κ1) is 104. The van der Waals surface area contributed by atoms with Gasteiger partial charge in [0.2, 0.25) is 0 Å². The number of ether oxygens (including phenoxy) is 4. The summed E-state index contributed by atoms with van der Waals surface area (Å²) in [5, 5.41) is 10.7. The molecule has 0 saturated heterocycles. The van der Waals surface area contributed by atoms with Crippen LogP contribution >= 0.6 is 15.6 Å². The SMILES string of the molecule is CCCCCC/C=C\C=C/CCCCCCCC(=O)O[C@H](COC(=O)CCCCCCCCCCCCCCCCCCC(C)C)COP(=O)(O)OCC(O)COP(=O)(O)OC[C@@H](COC(=O)CCCCCCCCCC(C)C)OC(=O)CCCCCCCCCCCCCCCCCCCCC(C)CC. The molecule has 3 N–H and O–H groups in total. The van der Waals surface area contributed by atoms with Crippen molar-refractivity contribution in [3.8, 4) is 0 Å². The maximum absolute atomic E-state index is 13.1. The number of hydrogen-bond acceptors (Lipinski definition) is 15. The van der Waals surface area contributed by atoms with Crippen molar-refractivity contribution in [3.05, 3.63) is 24.3 Å². The van der Waals surface area contributed by atoms with Crippen LogP contribution in [-0.2, 0) is 65.4 Å². The quantitative estimate of drug-likeness (QED) is 0.0169. The van der Waals surface area contributed by atoms with Crippen LogP contribution in [0, 0.1) is 17.8 Å². The second kappa shape index (κ2) is 76.5. The maximum atomic E-state index is 13.1. The van der Waals surface area contributed by atoms with E-state index in [1.54, 1.807) is 0 Å². The van der Waals surface area contributed by atoms with Crippen molar-refractivity contribution in [2.24, 2.45) is 17.8 Å². The summed E-state index contributed by atoms with van der Waals surface area (Å²) < 4.78 is 68.8. The van der Waals surface area contributed by atoms with E-state index in [1.807, 2.05) is 0 Å². The second-order valence-corrected chi connectivity index (χ2v) is 34.7. The highest BCUT2D eigenvalue weighted by Crippen LogP contribution is 2.45. The van der Waals surface area contributed by atoms with Crippen LogP contribution in [-0.4, -0.2) is 96.7 Å². The topological polar surface area (TPSA) is 237 Å². The van der Waals surface area contributed by atoms with Crippen LogP contribution in [0.2, 0.25) is 0 Å². The Bertz CT molecular complexity index is 2140. The van der Waals surface area contributed by atoms with E-state index < -0.39 is 97.5 Å². The Morgan fingerprint density at radius 3 is 0.840 bits per heavy atom. The number of phosphoric acid groups is 2. The number of unbranched alkanes of at least 4 members (excludes halogenated alkanes) is 47. The minimum atomic E-state index is -4.97. The molecule has 0 aliphatic heterocycles. The van der Waals surface area contributed by atoms with Gasteiger partial charge in [0.05, 0.1) is 26.4 Å². The van der Waals surface area contributed by atoms with E-state index in [4.69, 9.17) is 37.0 Å². The summed E-state index contributed by atoms with van der Waals surface area (Å²) in [4.78, 5) is 73.2. The van der Waals surface area contributed by atoms with E-state index in [0.29, 0.717) is 31.6 Å². The molecule has 0 radical (unpaired) electrons. The molecular weight excluding hydrogens is 1380 g/mol. The number of aliphatic hydroxyl groups excluding tert-OH is 1. The highest BCUT2D eigenvalue weighted by Gasteiger charge is 2.30. The van der Waals surface area contributed by atoms with E-state index in [9.17, 15) is 43.2 Å². The molecule has 0 amide bonds. The normalized spacial score (nSPS) is 14.3. The Kier molecular flexibility index (Phi) is 74.7. The lowest BCUT2D eigenvalue weighted by molar-refractivity contribution is -0.161. The van der Waals surface area contributed by atoms with E-state index in [0.717, 1.165) is 121 Å². The predicted octanol–water partition coefficient (Wildman–Crippen LogP) is 26.0. The number of rotatable bonds is 83. The van der Waals surface area contributed by atoms with Gasteiger partial charge in [-0.05, 0) is 69.1 Å². The van der Waals surface area contributed by atoms with Gasteiger partial charge >= 0.3 is 39.5 Å². The lowest BCUT2D eigenvalue weighted by atomic mass is 9.99. The molecule has 0 aromatic heterocycles. The number of phosphoric ester groups is 2. The summed E-state index contributed by atoms with van der Waals surface area (Å²) >= 11 is 0. The number of hydrogen-bond donors (Lipinski definition) is 3. The smallest absolute Gasteiger partial charge is 0.462 e. The molecule has 6 atom stereocenters. The van der Waals surface area contributed by atoms with Crippen LogP contribution < -0.4 is 0 Å². The van der Waals surface area contributed by atoms with Crippen molar-refractivity contribution in [1.82, 2.24) is 0 Å². The summed E-state index contributed by atoms with van der Waals surface area (Å²) in [7, 11) is -9.94. The lowest BCUT2D eigenvalue weighted by Gasteiger charge is -2.21. The van der Waals surface area contributed by atoms with Crippen molar-refractivity contribution in [3.63, 3.8) is 0 Å². The molecule has 0 aromatic carbocycles. The molecule has 0 aliphatic carbocycles. The van der Waals surface area contributed by atoms with E-state index in [-0.39, 0.29) is 25.7 Å². The van der Waals surface area contributed by atoms with Gasteiger partial charge in [0, 0.05) is 25.7 Å². The second-order valence-electron chi connectivity index (χ2n) is 31.8. The number of carbonyl (C=O) groups excluding carboxylic acids is 4. The minimum Gasteiger partial charge on any atom is -0.462 e. The molecule has 19 heteroatoms. The molecule has 106 heavy (non-hydrogen) atoms. The zero-order valence-corrected chi connectivity index (χ0v) is 71.2. The highest BCUT2D eigenvalue weighted by atomic mass is 31.2. The molecule has 0 aliphatic rings. The van der Waals surface area contributed by atoms with Crippen LogP contribution in [0.15, 0.2) is 24.3 Å². The van der Waals surface area contributed by atoms with Gasteiger partial charge in [-0.2, -0.15) is 0 Å². The first-order valence-corrected chi connectivity index (χ1v) is 47.2. The third-order valence-electron chi connectivity index (χ3n) is 20.1. The van der Waals surface area contributed by atoms with Gasteiger partial charge in [-0.25, -0.2) is 9.13 Å². The highest BCUT2D eigenvalue weighted by molar-refractivity contribution is 7.47. The molecule has 0 aromatic rings. The van der Waals surface area contributed by atoms with Gasteiger partial charge in [-0.15, -0.1) is 0 Å². The summed E-state index contributed by atoms with van der Waals surface area (Å²) in [5.41, 5.74) is 0. The Labute approximate surface area is 650 Å². The number of aliphatic hydroxyl groups is 1. The van der Waals surface area contributed by atoms with Gasteiger partial charge in [0.25, 0.3) is 0 Å². The van der Waals surface area contributed by atoms with Gasteiger partial charge in [0.15, 0.2) is 12.2 Å². The molecule has 0 fully saturated rings. The minimum absolute atomic E-state index is 0.0853. The van der Waals surface area contributed by atoms with Crippen LogP contribution in [0.5, 0.6) is 0 Å². The molecule has 0 saturated carbocycles. The first-order valence-electron chi connectivity index (χ1n) is 44.2. The lowest BCUT2D eigenvalue weighted by Crippen LogP contribution is -2.30. The van der Waals surface area contributed by atoms with E-state index in [1.165, 1.54) is 225 Å². The molecule has 0 spiro atoms. The molecular formula is C87H166O17P2.